The molecule has 0 fully saturated rings. The van der Waals surface area contributed by atoms with Crippen LogP contribution in [-0.4, -0.2) is 96.7 Å². The molecule has 5 unspecified atom stereocenters. The molecule has 0 rings (SSSR count). The van der Waals surface area contributed by atoms with Crippen LogP contribution in [0.2, 0.25) is 0 Å². The van der Waals surface area contributed by atoms with Crippen molar-refractivity contribution < 1.29 is 80.2 Å². The Hall–Kier alpha value is -3.50. The summed E-state index contributed by atoms with van der Waals surface area (Å²) in [6.07, 6.45) is 69.3. The number of carbonyl (C=O) groups is 4. The van der Waals surface area contributed by atoms with Gasteiger partial charge in [0.1, 0.15) is 19.3 Å². The van der Waals surface area contributed by atoms with Crippen molar-refractivity contribution in [2.75, 3.05) is 39.6 Å². The van der Waals surface area contributed by atoms with Gasteiger partial charge in [0.2, 0.25) is 0 Å². The number of phosphoric ester groups is 2. The molecule has 0 heterocycles. The van der Waals surface area contributed by atoms with E-state index in [-0.39, 0.29) is 25.7 Å². The molecule has 0 aliphatic carbocycles. The first kappa shape index (κ1) is 92.5. The minimum Gasteiger partial charge on any atom is -0.462 e. The van der Waals surface area contributed by atoms with Gasteiger partial charge in [-0.2, -0.15) is 0 Å². The number of phosphoric acid groups is 2. The van der Waals surface area contributed by atoms with Crippen molar-refractivity contribution >= 4 is 39.5 Å². The van der Waals surface area contributed by atoms with Gasteiger partial charge in [0.25, 0.3) is 0 Å². The van der Waals surface area contributed by atoms with Crippen LogP contribution in [0.5, 0.6) is 0 Å². The number of unbranched alkanes of at least 4 members (excludes halogenated alkanes) is 35. The van der Waals surface area contributed by atoms with Gasteiger partial charge in [-0.1, -0.05) is 306 Å². The molecular weight excluding hydrogens is 1260 g/mol. The summed E-state index contributed by atoms with van der Waals surface area (Å²) >= 11 is 0. The van der Waals surface area contributed by atoms with Crippen LogP contribution < -0.4 is 0 Å². The van der Waals surface area contributed by atoms with Crippen molar-refractivity contribution in [3.8, 4) is 0 Å². The van der Waals surface area contributed by atoms with Crippen LogP contribution in [0.3, 0.4) is 0 Å². The van der Waals surface area contributed by atoms with Crippen LogP contribution >= 0.6 is 15.6 Å². The fourth-order valence-corrected chi connectivity index (χ4v) is 12.0. The zero-order valence-corrected chi connectivity index (χ0v) is 62.6. The quantitative estimate of drug-likeness (QED) is 0.0169. The highest BCUT2D eigenvalue weighted by molar-refractivity contribution is 7.47. The normalized spacial score (nSPS) is 14.4. The van der Waals surface area contributed by atoms with Crippen LogP contribution in [0.4, 0.5) is 0 Å². The Morgan fingerprint density at radius 3 is 0.917 bits per heavy atom. The lowest BCUT2D eigenvalue weighted by molar-refractivity contribution is -0.161. The number of aliphatic hydroxyl groups excluding tert-OH is 1. The first-order valence-corrected chi connectivity index (χ1v) is 41.2. The number of ether oxygens (including phenoxy) is 4. The standard InChI is InChI=1S/C77H138O17P2/c1-5-9-13-17-21-25-29-32-35-38-42-45-49-53-57-61-74(79)87-67-72(93-76(81)63-59-55-51-47-41-28-24-20-16-12-8-4)69-91-95(83,84)89-65-71(78)66-90-96(85,86)92-70-73(94-77(82)64-60-56-52-48-44-40-37-34-31-27-23-19-15-11-7-3)68-88-75(80)62-58-54-50-46-43-39-36-33-30-26-22-18-14-10-6-2/h10,14,22,26,33-34,36-37,43,46,54,58,71-73,78H,5-9,11-13,15-21,23-25,27-32,35,38-42,44-45,47-53,55-57,59-70H2,1-4H3,(H,83,84)(H,85,86)/b14-10-,26-22-,36-33-,37-34-,46-43-,58-54-. The molecule has 0 amide bonds. The highest BCUT2D eigenvalue weighted by Crippen LogP contribution is 2.45. The topological polar surface area (TPSA) is 237 Å². The summed E-state index contributed by atoms with van der Waals surface area (Å²) < 4.78 is 68.3. The molecule has 3 N–H and O–H groups in total. The third-order valence-corrected chi connectivity index (χ3v) is 18.1. The van der Waals surface area contributed by atoms with Crippen molar-refractivity contribution in [1.29, 1.82) is 0 Å². The molecule has 0 aromatic carbocycles. The lowest BCUT2D eigenvalue weighted by atomic mass is 10.0. The maximum absolute atomic E-state index is 13.1. The zero-order chi connectivity index (χ0) is 70.4. The van der Waals surface area contributed by atoms with Gasteiger partial charge in [0, 0.05) is 19.3 Å². The van der Waals surface area contributed by atoms with Gasteiger partial charge in [0.15, 0.2) is 12.2 Å². The summed E-state index contributed by atoms with van der Waals surface area (Å²) in [5.74, 6) is -2.30. The highest BCUT2D eigenvalue weighted by atomic mass is 31.2. The smallest absolute Gasteiger partial charge is 0.462 e. The summed E-state index contributed by atoms with van der Waals surface area (Å²) in [5, 5.41) is 10.6. The Balaban J connectivity index is 5.36. The monoisotopic (exact) mass is 1400 g/mol. The molecule has 0 saturated heterocycles. The first-order valence-electron chi connectivity index (χ1n) is 38.2. The molecule has 0 aliphatic heterocycles. The third kappa shape index (κ3) is 69.0. The van der Waals surface area contributed by atoms with Crippen molar-refractivity contribution in [3.63, 3.8) is 0 Å². The third-order valence-electron chi connectivity index (χ3n) is 16.2. The number of aliphatic hydroxyl groups is 1. The minimum absolute atomic E-state index is 0.0683. The average Bonchev–Trinajstić information content (AvgIpc) is 1.09. The van der Waals surface area contributed by atoms with Crippen LogP contribution in [0.15, 0.2) is 72.9 Å². The molecule has 0 aromatic rings. The van der Waals surface area contributed by atoms with Crippen molar-refractivity contribution in [2.45, 2.75) is 354 Å². The van der Waals surface area contributed by atoms with Gasteiger partial charge in [-0.15, -0.1) is 0 Å². The SMILES string of the molecule is CC/C=C\C/C=C\C/C=C\C/C=C\C/C=C\CC(=O)OCC(COP(=O)(O)OCC(O)COP(=O)(O)OCC(COC(=O)CCCCCCCCCCCCCCCCC)OC(=O)CCCCCCCCCCCCC)OC(=O)CCCCCCC/C=C\CCCCCCCC. The number of hydrogen-bond donors (Lipinski definition) is 3. The molecule has 19 heteroatoms. The van der Waals surface area contributed by atoms with Crippen LogP contribution in [-0.2, 0) is 65.4 Å². The number of hydrogen-bond acceptors (Lipinski definition) is 15. The Kier molecular flexibility index (Phi) is 67.4. The lowest BCUT2D eigenvalue weighted by Crippen LogP contribution is -2.30. The summed E-state index contributed by atoms with van der Waals surface area (Å²) in [5.41, 5.74) is 0. The van der Waals surface area contributed by atoms with E-state index in [0.717, 1.165) is 109 Å². The van der Waals surface area contributed by atoms with Gasteiger partial charge in [-0.25, -0.2) is 9.13 Å². The predicted molar refractivity (Wildman–Crippen MR) is 390 cm³/mol. The van der Waals surface area contributed by atoms with Crippen LogP contribution in [0.1, 0.15) is 336 Å². The number of allylic oxidation sites excluding steroid dienone is 11. The summed E-state index contributed by atoms with van der Waals surface area (Å²) in [7, 11) is -9.96. The van der Waals surface area contributed by atoms with Crippen molar-refractivity contribution in [3.05, 3.63) is 72.9 Å². The zero-order valence-electron chi connectivity index (χ0n) is 60.8. The lowest BCUT2D eigenvalue weighted by Gasteiger charge is -2.21. The number of carbonyl (C=O) groups excluding carboxylic acids is 4. The molecule has 5 atom stereocenters. The van der Waals surface area contributed by atoms with E-state index in [1.807, 2.05) is 18.2 Å². The van der Waals surface area contributed by atoms with Gasteiger partial charge in [-0.05, 0) is 77.0 Å². The number of esters is 4. The summed E-state index contributed by atoms with van der Waals surface area (Å²) in [6.45, 7) is 4.67. The van der Waals surface area contributed by atoms with Crippen LogP contribution in [0, 0.1) is 0 Å². The van der Waals surface area contributed by atoms with Gasteiger partial charge < -0.3 is 33.8 Å². The van der Waals surface area contributed by atoms with E-state index in [1.54, 1.807) is 6.08 Å². The second-order valence-corrected chi connectivity index (χ2v) is 28.5. The van der Waals surface area contributed by atoms with Crippen LogP contribution in [0.25, 0.3) is 0 Å². The molecule has 0 radical (unpaired) electrons. The Morgan fingerprint density at radius 2 is 0.583 bits per heavy atom. The van der Waals surface area contributed by atoms with E-state index >= 15 is 0 Å². The second kappa shape index (κ2) is 70.0. The van der Waals surface area contributed by atoms with E-state index in [0.29, 0.717) is 25.7 Å². The molecule has 0 saturated carbocycles. The van der Waals surface area contributed by atoms with E-state index in [4.69, 9.17) is 37.0 Å². The highest BCUT2D eigenvalue weighted by Gasteiger charge is 2.30. The van der Waals surface area contributed by atoms with E-state index < -0.39 is 97.5 Å². The van der Waals surface area contributed by atoms with Gasteiger partial charge in [-0.3, -0.25) is 37.3 Å². The molecule has 0 aromatic heterocycles. The molecular formula is C77H138O17P2. The van der Waals surface area contributed by atoms with E-state index in [9.17, 15) is 43.2 Å². The summed E-state index contributed by atoms with van der Waals surface area (Å²) in [6, 6.07) is 0. The predicted octanol–water partition coefficient (Wildman–Crippen LogP) is 21.7. The van der Waals surface area contributed by atoms with E-state index in [2.05, 4.69) is 76.3 Å². The van der Waals surface area contributed by atoms with Gasteiger partial charge in [0.05, 0.1) is 32.8 Å². The van der Waals surface area contributed by atoms with Crippen molar-refractivity contribution in [2.24, 2.45) is 0 Å². The Bertz CT molecular complexity index is 2110. The maximum Gasteiger partial charge on any atom is 0.472 e. The molecule has 0 aliphatic rings. The number of rotatable bonds is 72. The molecule has 0 bridgehead atoms. The second-order valence-electron chi connectivity index (χ2n) is 25.6. The van der Waals surface area contributed by atoms with Crippen molar-refractivity contribution in [1.82, 2.24) is 0 Å². The first-order chi connectivity index (χ1) is 46.7. The average molecular weight is 1400 g/mol. The maximum atomic E-state index is 13.1. The molecule has 96 heavy (non-hydrogen) atoms. The Labute approximate surface area is 583 Å². The Morgan fingerprint density at radius 1 is 0.312 bits per heavy atom. The molecule has 0 spiro atoms. The summed E-state index contributed by atoms with van der Waals surface area (Å²) in [4.78, 5) is 72.7. The fourth-order valence-electron chi connectivity index (χ4n) is 10.4. The fraction of sp³-hybridized carbons (Fsp3) is 0.792. The minimum atomic E-state index is -4.99. The largest absolute Gasteiger partial charge is 0.472 e. The van der Waals surface area contributed by atoms with Gasteiger partial charge >= 0.3 is 39.5 Å². The molecule has 558 valence electrons. The van der Waals surface area contributed by atoms with E-state index in [1.165, 1.54) is 148 Å². The molecule has 17 nitrogen and oxygen atoms in total.